The molecule has 2 N–H and O–H groups in total. The summed E-state index contributed by atoms with van der Waals surface area (Å²) in [5, 5.41) is 5.46. The third-order valence-electron chi connectivity index (χ3n) is 3.10. The van der Waals surface area contributed by atoms with Crippen molar-refractivity contribution in [3.05, 3.63) is 11.6 Å². The van der Waals surface area contributed by atoms with Crippen LogP contribution in [-0.2, 0) is 9.53 Å². The molecule has 0 aliphatic heterocycles. The van der Waals surface area contributed by atoms with E-state index in [4.69, 9.17) is 4.74 Å². The molecule has 0 aromatic heterocycles. The average Bonchev–Trinajstić information content (AvgIpc) is 2.39. The van der Waals surface area contributed by atoms with Crippen molar-refractivity contribution in [2.75, 3.05) is 13.1 Å². The van der Waals surface area contributed by atoms with E-state index >= 15 is 0 Å². The normalized spacial score (nSPS) is 14.7. The van der Waals surface area contributed by atoms with Crippen molar-refractivity contribution in [3.8, 4) is 0 Å². The summed E-state index contributed by atoms with van der Waals surface area (Å²) in [5.74, 6) is -0.285. The Kier molecular flexibility index (Phi) is 7.77. The number of rotatable bonds is 7. The van der Waals surface area contributed by atoms with Gasteiger partial charge in [-0.2, -0.15) is 0 Å². The Morgan fingerprint density at radius 1 is 1.25 bits per heavy atom. The van der Waals surface area contributed by atoms with E-state index in [1.165, 1.54) is 24.8 Å². The summed E-state index contributed by atoms with van der Waals surface area (Å²) in [7, 11) is 0. The van der Waals surface area contributed by atoms with Crippen molar-refractivity contribution in [1.29, 1.82) is 0 Å². The molecule has 1 rings (SSSR count). The number of amides is 2. The van der Waals surface area contributed by atoms with Crippen molar-refractivity contribution in [2.45, 2.75) is 58.5 Å². The van der Waals surface area contributed by atoms with Gasteiger partial charge in [-0.15, -0.1) is 0 Å². The molecule has 0 aromatic rings. The predicted molar refractivity (Wildman–Crippen MR) is 78.4 cm³/mol. The van der Waals surface area contributed by atoms with Gasteiger partial charge < -0.3 is 15.4 Å². The fourth-order valence-corrected chi connectivity index (χ4v) is 2.13. The molecule has 1 aliphatic carbocycles. The molecule has 0 unspecified atom stereocenters. The van der Waals surface area contributed by atoms with E-state index in [0.29, 0.717) is 13.1 Å². The molecule has 0 heterocycles. The Morgan fingerprint density at radius 3 is 2.65 bits per heavy atom. The number of esters is 1. The summed E-state index contributed by atoms with van der Waals surface area (Å²) >= 11 is 0. The molecule has 0 saturated heterocycles. The van der Waals surface area contributed by atoms with Crippen LogP contribution in [0.1, 0.15) is 52.4 Å². The van der Waals surface area contributed by atoms with Crippen LogP contribution < -0.4 is 10.6 Å². The number of urea groups is 1. The second kappa shape index (κ2) is 9.39. The summed E-state index contributed by atoms with van der Waals surface area (Å²) in [4.78, 5) is 22.7. The number of hydrogen-bond acceptors (Lipinski definition) is 3. The van der Waals surface area contributed by atoms with Gasteiger partial charge in [0.25, 0.3) is 0 Å². The Morgan fingerprint density at radius 2 is 2.00 bits per heavy atom. The first kappa shape index (κ1) is 16.5. The molecular weight excluding hydrogens is 256 g/mol. The maximum atomic E-state index is 11.5. The SMILES string of the molecule is CC(C)OC(=O)CCNC(=O)NCCC1=CCCCC1. The highest BCUT2D eigenvalue weighted by Gasteiger charge is 2.07. The minimum absolute atomic E-state index is 0.111. The molecule has 0 atom stereocenters. The van der Waals surface area contributed by atoms with E-state index in [1.807, 2.05) is 0 Å². The Hall–Kier alpha value is -1.52. The zero-order chi connectivity index (χ0) is 14.8. The minimum atomic E-state index is -0.285. The lowest BCUT2D eigenvalue weighted by Gasteiger charge is -2.13. The Balaban J connectivity index is 2.02. The highest BCUT2D eigenvalue weighted by molar-refractivity contribution is 5.75. The molecule has 0 fully saturated rings. The van der Waals surface area contributed by atoms with Crippen LogP contribution in [0.15, 0.2) is 11.6 Å². The van der Waals surface area contributed by atoms with Gasteiger partial charge in [-0.1, -0.05) is 11.6 Å². The molecule has 1 aliphatic rings. The number of carbonyl (C=O) groups excluding carboxylic acids is 2. The minimum Gasteiger partial charge on any atom is -0.463 e. The van der Waals surface area contributed by atoms with Gasteiger partial charge in [-0.3, -0.25) is 4.79 Å². The number of carbonyl (C=O) groups is 2. The summed E-state index contributed by atoms with van der Waals surface area (Å²) in [6.07, 6.45) is 8.16. The van der Waals surface area contributed by atoms with Crippen LogP contribution in [0.3, 0.4) is 0 Å². The molecule has 5 heteroatoms. The Bertz CT molecular complexity index is 351. The zero-order valence-corrected chi connectivity index (χ0v) is 12.5. The quantitative estimate of drug-likeness (QED) is 0.557. The molecule has 0 radical (unpaired) electrons. The number of nitrogens with one attached hydrogen (secondary N) is 2. The molecule has 2 amide bonds. The fraction of sp³-hybridized carbons (Fsp3) is 0.733. The van der Waals surface area contributed by atoms with Gasteiger partial charge in [0.15, 0.2) is 0 Å². The summed E-state index contributed by atoms with van der Waals surface area (Å²) in [6.45, 7) is 4.56. The van der Waals surface area contributed by atoms with Gasteiger partial charge in [0.2, 0.25) is 0 Å². The van der Waals surface area contributed by atoms with Gasteiger partial charge in [-0.05, 0) is 46.0 Å². The first-order chi connectivity index (χ1) is 9.58. The van der Waals surface area contributed by atoms with Crippen LogP contribution in [0.25, 0.3) is 0 Å². The van der Waals surface area contributed by atoms with Gasteiger partial charge in [0.05, 0.1) is 12.5 Å². The molecule has 0 aromatic carbocycles. The van der Waals surface area contributed by atoms with Crippen LogP contribution >= 0.6 is 0 Å². The number of hydrogen-bond donors (Lipinski definition) is 2. The second-order valence-electron chi connectivity index (χ2n) is 5.33. The maximum Gasteiger partial charge on any atom is 0.314 e. The first-order valence-electron chi connectivity index (χ1n) is 7.47. The maximum absolute atomic E-state index is 11.5. The highest BCUT2D eigenvalue weighted by atomic mass is 16.5. The van der Waals surface area contributed by atoms with Crippen LogP contribution in [0.5, 0.6) is 0 Å². The van der Waals surface area contributed by atoms with E-state index in [1.54, 1.807) is 13.8 Å². The average molecular weight is 282 g/mol. The van der Waals surface area contributed by atoms with E-state index in [-0.39, 0.29) is 24.5 Å². The summed E-state index contributed by atoms with van der Waals surface area (Å²) in [5.41, 5.74) is 1.44. The van der Waals surface area contributed by atoms with Gasteiger partial charge >= 0.3 is 12.0 Å². The molecule has 0 bridgehead atoms. The lowest BCUT2D eigenvalue weighted by molar-refractivity contribution is -0.147. The highest BCUT2D eigenvalue weighted by Crippen LogP contribution is 2.19. The molecular formula is C15H26N2O3. The first-order valence-corrected chi connectivity index (χ1v) is 7.47. The van der Waals surface area contributed by atoms with Crippen molar-refractivity contribution in [2.24, 2.45) is 0 Å². The Labute approximate surface area is 121 Å². The van der Waals surface area contributed by atoms with E-state index in [9.17, 15) is 9.59 Å². The third-order valence-corrected chi connectivity index (χ3v) is 3.10. The van der Waals surface area contributed by atoms with E-state index < -0.39 is 0 Å². The van der Waals surface area contributed by atoms with Crippen LogP contribution in [-0.4, -0.2) is 31.2 Å². The largest absolute Gasteiger partial charge is 0.463 e. The fourth-order valence-electron chi connectivity index (χ4n) is 2.13. The summed E-state index contributed by atoms with van der Waals surface area (Å²) < 4.78 is 4.97. The second-order valence-corrected chi connectivity index (χ2v) is 5.33. The molecule has 114 valence electrons. The third kappa shape index (κ3) is 7.81. The van der Waals surface area contributed by atoms with Crippen molar-refractivity contribution in [1.82, 2.24) is 10.6 Å². The smallest absolute Gasteiger partial charge is 0.314 e. The van der Waals surface area contributed by atoms with Crippen molar-refractivity contribution in [3.63, 3.8) is 0 Å². The molecule has 0 spiro atoms. The molecule has 5 nitrogen and oxygen atoms in total. The molecule has 0 saturated carbocycles. The standard InChI is InChI=1S/C15H26N2O3/c1-12(2)20-14(18)9-11-17-15(19)16-10-8-13-6-4-3-5-7-13/h6,12H,3-5,7-11H2,1-2H3,(H2,16,17,19). The monoisotopic (exact) mass is 282 g/mol. The number of ether oxygens (including phenoxy) is 1. The van der Waals surface area contributed by atoms with Gasteiger partial charge in [-0.25, -0.2) is 4.79 Å². The van der Waals surface area contributed by atoms with E-state index in [2.05, 4.69) is 16.7 Å². The summed E-state index contributed by atoms with van der Waals surface area (Å²) in [6, 6.07) is -0.223. The predicted octanol–water partition coefficient (Wildman–Crippen LogP) is 2.52. The van der Waals surface area contributed by atoms with Crippen LogP contribution in [0, 0.1) is 0 Å². The topological polar surface area (TPSA) is 67.4 Å². The van der Waals surface area contributed by atoms with Gasteiger partial charge in [0, 0.05) is 13.1 Å². The zero-order valence-electron chi connectivity index (χ0n) is 12.5. The van der Waals surface area contributed by atoms with Gasteiger partial charge in [0.1, 0.15) is 0 Å². The van der Waals surface area contributed by atoms with Crippen LogP contribution in [0.2, 0.25) is 0 Å². The molecule has 20 heavy (non-hydrogen) atoms. The van der Waals surface area contributed by atoms with Crippen molar-refractivity contribution < 1.29 is 14.3 Å². The van der Waals surface area contributed by atoms with Crippen LogP contribution in [0.4, 0.5) is 4.79 Å². The van der Waals surface area contributed by atoms with Crippen molar-refractivity contribution >= 4 is 12.0 Å². The lowest BCUT2D eigenvalue weighted by Crippen LogP contribution is -2.37. The number of allylic oxidation sites excluding steroid dienone is 1. The lowest BCUT2D eigenvalue weighted by atomic mass is 9.97. The van der Waals surface area contributed by atoms with E-state index in [0.717, 1.165) is 12.8 Å².